The standard InChI is InChI=1S/C8H11N2O3P/c9-10-13-14(11,12)7-6-8-4-2-1-3-5-8/h1-5,9H,6-7H2,(H,11,12). The molecule has 2 N–H and O–H groups in total. The summed E-state index contributed by atoms with van der Waals surface area (Å²) in [5, 5.41) is 2.46. The molecule has 0 heterocycles. The zero-order valence-electron chi connectivity index (χ0n) is 7.46. The van der Waals surface area contributed by atoms with Crippen molar-refractivity contribution in [3.8, 4) is 0 Å². The van der Waals surface area contributed by atoms with Gasteiger partial charge in [0.1, 0.15) is 0 Å². The van der Waals surface area contributed by atoms with E-state index in [0.29, 0.717) is 6.42 Å². The van der Waals surface area contributed by atoms with Gasteiger partial charge in [0, 0.05) is 5.28 Å². The molecule has 0 radical (unpaired) electrons. The number of aryl methyl sites for hydroxylation is 1. The second-order valence-electron chi connectivity index (χ2n) is 2.77. The Morgan fingerprint density at radius 3 is 2.64 bits per heavy atom. The highest BCUT2D eigenvalue weighted by molar-refractivity contribution is 7.52. The van der Waals surface area contributed by atoms with E-state index in [1.165, 1.54) is 0 Å². The molecule has 0 saturated carbocycles. The number of hydrogen-bond acceptors (Lipinski definition) is 4. The van der Waals surface area contributed by atoms with Crippen LogP contribution in [0.3, 0.4) is 0 Å². The van der Waals surface area contributed by atoms with Crippen molar-refractivity contribution in [1.29, 1.82) is 5.53 Å². The first-order valence-electron chi connectivity index (χ1n) is 4.05. The lowest BCUT2D eigenvalue weighted by Gasteiger charge is -2.06. The van der Waals surface area contributed by atoms with E-state index in [-0.39, 0.29) is 6.16 Å². The predicted octanol–water partition coefficient (Wildman–Crippen LogP) is 2.38. The molecule has 1 aromatic rings. The molecular weight excluding hydrogens is 203 g/mol. The van der Waals surface area contributed by atoms with Crippen LogP contribution in [-0.4, -0.2) is 11.1 Å². The Morgan fingerprint density at radius 1 is 1.43 bits per heavy atom. The first-order chi connectivity index (χ1) is 6.64. The van der Waals surface area contributed by atoms with Crippen LogP contribution in [0.2, 0.25) is 0 Å². The van der Waals surface area contributed by atoms with Gasteiger partial charge in [-0.15, -0.1) is 0 Å². The van der Waals surface area contributed by atoms with Gasteiger partial charge in [0.15, 0.2) is 0 Å². The molecular formula is C8H11N2O3P. The third-order valence-electron chi connectivity index (χ3n) is 1.69. The molecule has 0 aliphatic heterocycles. The van der Waals surface area contributed by atoms with Gasteiger partial charge >= 0.3 is 7.60 Å². The molecule has 0 aliphatic rings. The molecule has 0 saturated heterocycles. The van der Waals surface area contributed by atoms with Crippen LogP contribution in [0.15, 0.2) is 35.6 Å². The summed E-state index contributed by atoms with van der Waals surface area (Å²) in [6, 6.07) is 9.30. The quantitative estimate of drug-likeness (QED) is 0.448. The fourth-order valence-electron chi connectivity index (χ4n) is 1.02. The minimum Gasteiger partial charge on any atom is -0.314 e. The SMILES string of the molecule is N=NOP(=O)(O)CCc1ccccc1. The summed E-state index contributed by atoms with van der Waals surface area (Å²) < 4.78 is 15.2. The second-order valence-corrected chi connectivity index (χ2v) is 4.66. The minimum atomic E-state index is -3.71. The zero-order valence-corrected chi connectivity index (χ0v) is 8.35. The van der Waals surface area contributed by atoms with Crippen LogP contribution < -0.4 is 0 Å². The van der Waals surface area contributed by atoms with Crippen LogP contribution in [0.1, 0.15) is 5.56 Å². The van der Waals surface area contributed by atoms with Gasteiger partial charge in [0.05, 0.1) is 6.16 Å². The van der Waals surface area contributed by atoms with Gasteiger partial charge in [-0.3, -0.25) is 4.62 Å². The lowest BCUT2D eigenvalue weighted by atomic mass is 10.2. The second kappa shape index (κ2) is 4.88. The molecule has 1 atom stereocenters. The Labute approximate surface area is 81.7 Å². The van der Waals surface area contributed by atoms with Crippen molar-refractivity contribution < 1.29 is 14.1 Å². The Balaban J connectivity index is 2.49. The number of nitrogens with zero attached hydrogens (tertiary/aromatic N) is 1. The molecule has 5 nitrogen and oxygen atoms in total. The lowest BCUT2D eigenvalue weighted by molar-refractivity contribution is 0.245. The third-order valence-corrected chi connectivity index (χ3v) is 2.82. The Bertz CT molecular complexity index is 342. The normalized spacial score (nSPS) is 14.4. The molecule has 14 heavy (non-hydrogen) atoms. The molecule has 1 unspecified atom stereocenters. The monoisotopic (exact) mass is 214 g/mol. The van der Waals surface area contributed by atoms with Crippen LogP contribution >= 0.6 is 7.60 Å². The largest absolute Gasteiger partial charge is 0.400 e. The molecule has 76 valence electrons. The van der Waals surface area contributed by atoms with Crippen LogP contribution in [0.25, 0.3) is 0 Å². The highest BCUT2D eigenvalue weighted by Gasteiger charge is 2.19. The number of hydrogen-bond donors (Lipinski definition) is 2. The summed E-state index contributed by atoms with van der Waals surface area (Å²) in [6.45, 7) is 0. The maximum Gasteiger partial charge on any atom is 0.400 e. The molecule has 6 heteroatoms. The van der Waals surface area contributed by atoms with Crippen molar-refractivity contribution >= 4 is 7.60 Å². The van der Waals surface area contributed by atoms with Gasteiger partial charge in [-0.05, 0) is 12.0 Å². The molecule has 0 aromatic heterocycles. The summed E-state index contributed by atoms with van der Waals surface area (Å²) in [7, 11) is -3.71. The minimum absolute atomic E-state index is 0.0284. The van der Waals surface area contributed by atoms with Gasteiger partial charge in [0.25, 0.3) is 0 Å². The maximum absolute atomic E-state index is 11.1. The molecule has 1 rings (SSSR count). The van der Waals surface area contributed by atoms with Crippen molar-refractivity contribution in [1.82, 2.24) is 0 Å². The molecule has 0 spiro atoms. The first kappa shape index (κ1) is 10.9. The molecule has 0 aliphatic carbocycles. The van der Waals surface area contributed by atoms with Crippen molar-refractivity contribution in [3.05, 3.63) is 35.9 Å². The van der Waals surface area contributed by atoms with E-state index in [1.54, 1.807) is 0 Å². The summed E-state index contributed by atoms with van der Waals surface area (Å²) in [5.74, 6) is 0. The molecule has 0 amide bonds. The van der Waals surface area contributed by atoms with Crippen LogP contribution in [0, 0.1) is 5.53 Å². The highest BCUT2D eigenvalue weighted by Crippen LogP contribution is 2.42. The van der Waals surface area contributed by atoms with E-state index in [0.717, 1.165) is 5.56 Å². The fourth-order valence-corrected chi connectivity index (χ4v) is 1.77. The van der Waals surface area contributed by atoms with Crippen molar-refractivity contribution in [2.24, 2.45) is 5.28 Å². The molecule has 0 bridgehead atoms. The van der Waals surface area contributed by atoms with Crippen molar-refractivity contribution in [2.75, 3.05) is 6.16 Å². The van der Waals surface area contributed by atoms with Crippen LogP contribution in [-0.2, 0) is 15.6 Å². The van der Waals surface area contributed by atoms with Gasteiger partial charge in [0.2, 0.25) is 0 Å². The van der Waals surface area contributed by atoms with E-state index in [2.05, 4.69) is 9.90 Å². The number of nitrogens with one attached hydrogen (secondary N) is 1. The maximum atomic E-state index is 11.1. The van der Waals surface area contributed by atoms with E-state index in [4.69, 9.17) is 10.4 Å². The summed E-state index contributed by atoms with van der Waals surface area (Å²) in [5.41, 5.74) is 7.27. The Morgan fingerprint density at radius 2 is 2.07 bits per heavy atom. The smallest absolute Gasteiger partial charge is 0.314 e. The average molecular weight is 214 g/mol. The average Bonchev–Trinajstić information content (AvgIpc) is 2.17. The van der Waals surface area contributed by atoms with Crippen molar-refractivity contribution in [2.45, 2.75) is 6.42 Å². The number of rotatable bonds is 5. The Kier molecular flexibility index (Phi) is 3.80. The van der Waals surface area contributed by atoms with E-state index < -0.39 is 7.60 Å². The fraction of sp³-hybridized carbons (Fsp3) is 0.250. The summed E-state index contributed by atoms with van der Waals surface area (Å²) in [6.07, 6.45) is 0.406. The van der Waals surface area contributed by atoms with E-state index in [9.17, 15) is 4.57 Å². The summed E-state index contributed by atoms with van der Waals surface area (Å²) in [4.78, 5) is 9.10. The van der Waals surface area contributed by atoms with Crippen LogP contribution in [0.4, 0.5) is 0 Å². The third kappa shape index (κ3) is 3.68. The molecule has 1 aromatic carbocycles. The molecule has 0 fully saturated rings. The van der Waals surface area contributed by atoms with Gasteiger partial charge < -0.3 is 4.89 Å². The van der Waals surface area contributed by atoms with Gasteiger partial charge in [-0.25, -0.2) is 4.57 Å². The van der Waals surface area contributed by atoms with Gasteiger partial charge in [-0.2, -0.15) is 5.53 Å². The summed E-state index contributed by atoms with van der Waals surface area (Å²) >= 11 is 0. The van der Waals surface area contributed by atoms with Gasteiger partial charge in [-0.1, -0.05) is 30.3 Å². The predicted molar refractivity (Wildman–Crippen MR) is 51.1 cm³/mol. The number of benzene rings is 1. The van der Waals surface area contributed by atoms with E-state index >= 15 is 0 Å². The topological polar surface area (TPSA) is 82.7 Å². The lowest BCUT2D eigenvalue weighted by Crippen LogP contribution is -1.94. The first-order valence-corrected chi connectivity index (χ1v) is 5.81. The highest BCUT2D eigenvalue weighted by atomic mass is 31.2. The van der Waals surface area contributed by atoms with Crippen LogP contribution in [0.5, 0.6) is 0 Å². The van der Waals surface area contributed by atoms with Crippen molar-refractivity contribution in [3.63, 3.8) is 0 Å². The zero-order chi connectivity index (χ0) is 10.4. The van der Waals surface area contributed by atoms with E-state index in [1.807, 2.05) is 30.3 Å². The Hall–Kier alpha value is -1.19.